The summed E-state index contributed by atoms with van der Waals surface area (Å²) in [6, 6.07) is 7.18. The number of aryl methyl sites for hydroxylation is 2. The topological polar surface area (TPSA) is 99.1 Å². The Balaban J connectivity index is 2.23. The second kappa shape index (κ2) is 5.66. The number of amides is 1. The molecule has 0 spiro atoms. The van der Waals surface area contributed by atoms with Crippen LogP contribution in [0, 0.1) is 6.92 Å². The zero-order chi connectivity index (χ0) is 15.6. The van der Waals surface area contributed by atoms with Gasteiger partial charge in [-0.3, -0.25) is 9.59 Å². The van der Waals surface area contributed by atoms with E-state index in [9.17, 15) is 14.4 Å². The van der Waals surface area contributed by atoms with Crippen molar-refractivity contribution in [1.29, 1.82) is 0 Å². The number of anilines is 2. The number of rotatable bonds is 3. The molecule has 0 aliphatic carbocycles. The second-order valence-corrected chi connectivity index (χ2v) is 4.78. The van der Waals surface area contributed by atoms with E-state index in [-0.39, 0.29) is 12.2 Å². The summed E-state index contributed by atoms with van der Waals surface area (Å²) >= 11 is 0. The van der Waals surface area contributed by atoms with Crippen molar-refractivity contribution < 1.29 is 4.79 Å². The lowest BCUT2D eigenvalue weighted by Crippen LogP contribution is -2.42. The largest absolute Gasteiger partial charge is 0.393 e. The highest BCUT2D eigenvalue weighted by Crippen LogP contribution is 2.08. The van der Waals surface area contributed by atoms with Crippen LogP contribution in [0.4, 0.5) is 11.4 Å². The molecule has 0 fully saturated rings. The summed E-state index contributed by atoms with van der Waals surface area (Å²) in [6.45, 7) is 1.55. The summed E-state index contributed by atoms with van der Waals surface area (Å²) in [5.41, 5.74) is 5.83. The first-order valence-electron chi connectivity index (χ1n) is 6.31. The van der Waals surface area contributed by atoms with Gasteiger partial charge in [0.1, 0.15) is 12.2 Å². The van der Waals surface area contributed by atoms with E-state index >= 15 is 0 Å². The third-order valence-electron chi connectivity index (χ3n) is 2.99. The minimum Gasteiger partial charge on any atom is -0.393 e. The van der Waals surface area contributed by atoms with Crippen molar-refractivity contribution >= 4 is 17.3 Å². The van der Waals surface area contributed by atoms with Crippen molar-refractivity contribution in [3.63, 3.8) is 0 Å². The van der Waals surface area contributed by atoms with Gasteiger partial charge >= 0.3 is 5.69 Å². The molecule has 0 radical (unpaired) electrons. The molecule has 0 aliphatic heterocycles. The predicted molar refractivity (Wildman–Crippen MR) is 80.2 cm³/mol. The van der Waals surface area contributed by atoms with Gasteiger partial charge in [0.15, 0.2) is 0 Å². The molecular formula is C14H16N4O3. The van der Waals surface area contributed by atoms with E-state index in [1.165, 1.54) is 13.2 Å². The number of hydrogen-bond acceptors (Lipinski definition) is 4. The number of nitrogens with zero attached hydrogens (tertiary/aromatic N) is 2. The van der Waals surface area contributed by atoms with E-state index in [1.54, 1.807) is 12.1 Å². The van der Waals surface area contributed by atoms with E-state index in [1.807, 2.05) is 19.1 Å². The summed E-state index contributed by atoms with van der Waals surface area (Å²) < 4.78 is 1.97. The maximum absolute atomic E-state index is 11.9. The molecule has 3 N–H and O–H groups in total. The Morgan fingerprint density at radius 3 is 2.48 bits per heavy atom. The van der Waals surface area contributed by atoms with E-state index < -0.39 is 17.2 Å². The molecule has 0 bridgehead atoms. The van der Waals surface area contributed by atoms with Crippen molar-refractivity contribution in [2.75, 3.05) is 11.1 Å². The Morgan fingerprint density at radius 2 is 1.86 bits per heavy atom. The molecular weight excluding hydrogens is 272 g/mol. The molecule has 2 rings (SSSR count). The van der Waals surface area contributed by atoms with Crippen LogP contribution in [0.15, 0.2) is 40.1 Å². The van der Waals surface area contributed by atoms with Crippen molar-refractivity contribution in [3.05, 3.63) is 56.9 Å². The number of carbonyl (C=O) groups is 1. The molecule has 0 atom stereocenters. The fourth-order valence-electron chi connectivity index (χ4n) is 1.87. The predicted octanol–water partition coefficient (Wildman–Crippen LogP) is 0.0763. The van der Waals surface area contributed by atoms with Gasteiger partial charge in [-0.2, -0.15) is 0 Å². The highest BCUT2D eigenvalue weighted by molar-refractivity contribution is 5.90. The molecule has 7 nitrogen and oxygen atoms in total. The monoisotopic (exact) mass is 288 g/mol. The zero-order valence-corrected chi connectivity index (χ0v) is 11.8. The minimum atomic E-state index is -0.669. The molecule has 0 unspecified atom stereocenters. The van der Waals surface area contributed by atoms with Gasteiger partial charge in [-0.05, 0) is 19.1 Å². The Morgan fingerprint density at radius 1 is 1.24 bits per heavy atom. The van der Waals surface area contributed by atoms with Crippen molar-refractivity contribution in [2.24, 2.45) is 7.05 Å². The van der Waals surface area contributed by atoms with Crippen LogP contribution < -0.4 is 22.3 Å². The normalized spacial score (nSPS) is 10.4. The third kappa shape index (κ3) is 3.19. The van der Waals surface area contributed by atoms with Gasteiger partial charge in [0.25, 0.3) is 5.56 Å². The number of nitrogens with two attached hydrogens (primary N) is 1. The van der Waals surface area contributed by atoms with Crippen LogP contribution in [0.1, 0.15) is 5.56 Å². The summed E-state index contributed by atoms with van der Waals surface area (Å²) in [7, 11) is 1.46. The van der Waals surface area contributed by atoms with E-state index in [0.717, 1.165) is 14.7 Å². The van der Waals surface area contributed by atoms with Crippen LogP contribution in [-0.2, 0) is 18.4 Å². The number of aromatic nitrogens is 2. The number of benzene rings is 1. The van der Waals surface area contributed by atoms with Crippen LogP contribution in [-0.4, -0.2) is 15.0 Å². The molecule has 1 heterocycles. The van der Waals surface area contributed by atoms with Crippen molar-refractivity contribution in [1.82, 2.24) is 9.13 Å². The third-order valence-corrected chi connectivity index (χ3v) is 2.99. The molecule has 0 saturated heterocycles. The van der Waals surface area contributed by atoms with Gasteiger partial charge in [-0.25, -0.2) is 9.36 Å². The Kier molecular flexibility index (Phi) is 3.93. The second-order valence-electron chi connectivity index (χ2n) is 4.78. The Labute approximate surface area is 120 Å². The fourth-order valence-corrected chi connectivity index (χ4v) is 1.87. The number of nitrogen functional groups attached to an aromatic ring is 1. The first-order chi connectivity index (χ1) is 9.88. The summed E-state index contributed by atoms with van der Waals surface area (Å²) in [5, 5.41) is 2.62. The average molecular weight is 288 g/mol. The highest BCUT2D eigenvalue weighted by atomic mass is 16.2. The smallest absolute Gasteiger partial charge is 0.331 e. The fraction of sp³-hybridized carbons (Fsp3) is 0.214. The van der Waals surface area contributed by atoms with Crippen LogP contribution in [0.25, 0.3) is 0 Å². The first-order valence-corrected chi connectivity index (χ1v) is 6.31. The molecule has 7 heteroatoms. The molecule has 110 valence electrons. The Bertz CT molecular complexity index is 753. The maximum atomic E-state index is 11.9. The summed E-state index contributed by atoms with van der Waals surface area (Å²) in [5.74, 6) is -0.469. The van der Waals surface area contributed by atoms with Crippen LogP contribution in [0.3, 0.4) is 0 Å². The van der Waals surface area contributed by atoms with Crippen LogP contribution >= 0.6 is 0 Å². The quantitative estimate of drug-likeness (QED) is 0.835. The number of nitrogens with one attached hydrogen (secondary N) is 1. The van der Waals surface area contributed by atoms with E-state index in [2.05, 4.69) is 5.32 Å². The van der Waals surface area contributed by atoms with Crippen LogP contribution in [0.2, 0.25) is 0 Å². The van der Waals surface area contributed by atoms with Gasteiger partial charge in [-0.15, -0.1) is 0 Å². The standard InChI is InChI=1S/C14H16N4O3/c1-9-3-5-10(6-4-9)16-12(19)8-18-13(20)11(15)7-17(2)14(18)21/h3-7H,8,15H2,1-2H3,(H,16,19). The SMILES string of the molecule is Cc1ccc(NC(=O)Cn2c(=O)c(N)cn(C)c2=O)cc1. The summed E-state index contributed by atoms with van der Waals surface area (Å²) in [6.07, 6.45) is 1.24. The minimum absolute atomic E-state index is 0.0831. The Hall–Kier alpha value is -2.83. The van der Waals surface area contributed by atoms with Gasteiger partial charge in [0.05, 0.1) is 0 Å². The van der Waals surface area contributed by atoms with Gasteiger partial charge in [-0.1, -0.05) is 17.7 Å². The van der Waals surface area contributed by atoms with Gasteiger partial charge < -0.3 is 15.6 Å². The molecule has 21 heavy (non-hydrogen) atoms. The van der Waals surface area contributed by atoms with Crippen LogP contribution in [0.5, 0.6) is 0 Å². The number of carbonyl (C=O) groups excluding carboxylic acids is 1. The van der Waals surface area contributed by atoms with Crippen molar-refractivity contribution in [2.45, 2.75) is 13.5 Å². The molecule has 0 aliphatic rings. The molecule has 1 amide bonds. The molecule has 0 saturated carbocycles. The first kappa shape index (κ1) is 14.6. The zero-order valence-electron chi connectivity index (χ0n) is 11.8. The lowest BCUT2D eigenvalue weighted by Gasteiger charge is -2.09. The average Bonchev–Trinajstić information content (AvgIpc) is 2.44. The van der Waals surface area contributed by atoms with Crippen molar-refractivity contribution in [3.8, 4) is 0 Å². The summed E-state index contributed by atoms with van der Waals surface area (Å²) in [4.78, 5) is 35.6. The maximum Gasteiger partial charge on any atom is 0.331 e. The highest BCUT2D eigenvalue weighted by Gasteiger charge is 2.11. The van der Waals surface area contributed by atoms with E-state index in [4.69, 9.17) is 5.73 Å². The molecule has 1 aromatic carbocycles. The molecule has 2 aromatic rings. The lowest BCUT2D eigenvalue weighted by molar-refractivity contribution is -0.116. The van der Waals surface area contributed by atoms with E-state index in [0.29, 0.717) is 5.69 Å². The lowest BCUT2D eigenvalue weighted by atomic mass is 10.2. The molecule has 1 aromatic heterocycles. The van der Waals surface area contributed by atoms with Gasteiger partial charge in [0, 0.05) is 18.9 Å². The number of hydrogen-bond donors (Lipinski definition) is 2. The van der Waals surface area contributed by atoms with Gasteiger partial charge in [0.2, 0.25) is 5.91 Å².